The molecule has 1 fully saturated rings. The molecule has 4 rings (SSSR count). The largest absolute Gasteiger partial charge is 0.496 e. The van der Waals surface area contributed by atoms with Gasteiger partial charge in [0.15, 0.2) is 0 Å². The van der Waals surface area contributed by atoms with Gasteiger partial charge in [0.2, 0.25) is 11.8 Å². The van der Waals surface area contributed by atoms with E-state index in [1.165, 1.54) is 0 Å². The summed E-state index contributed by atoms with van der Waals surface area (Å²) in [6.07, 6.45) is 3.63. The van der Waals surface area contributed by atoms with Crippen LogP contribution in [0.15, 0.2) is 60.7 Å². The topological polar surface area (TPSA) is 67.4 Å². The van der Waals surface area contributed by atoms with Crippen LogP contribution in [-0.4, -0.2) is 31.0 Å². The minimum atomic E-state index is -0.415. The maximum absolute atomic E-state index is 12.6. The van der Waals surface area contributed by atoms with Gasteiger partial charge in [-0.25, -0.2) is 0 Å². The molecule has 0 bridgehead atoms. The van der Waals surface area contributed by atoms with Crippen molar-refractivity contribution in [1.82, 2.24) is 10.6 Å². The van der Waals surface area contributed by atoms with E-state index in [-0.39, 0.29) is 11.8 Å². The molecule has 0 saturated carbocycles. The van der Waals surface area contributed by atoms with Gasteiger partial charge in [-0.15, -0.1) is 0 Å². The Morgan fingerprint density at radius 1 is 1.09 bits per heavy atom. The molecule has 0 aliphatic carbocycles. The van der Waals surface area contributed by atoms with Gasteiger partial charge < -0.3 is 15.4 Å². The van der Waals surface area contributed by atoms with Crippen molar-refractivity contribution < 1.29 is 14.3 Å². The third kappa shape index (κ3) is 5.66. The molecular weight excluding hydrogens is 436 g/mol. The van der Waals surface area contributed by atoms with Crippen molar-refractivity contribution in [3.63, 3.8) is 0 Å². The van der Waals surface area contributed by atoms with E-state index in [0.717, 1.165) is 40.5 Å². The van der Waals surface area contributed by atoms with Gasteiger partial charge in [0.05, 0.1) is 7.11 Å². The number of hydrogen-bond donors (Lipinski definition) is 2. The normalized spacial score (nSPS) is 17.7. The molecule has 5 nitrogen and oxygen atoms in total. The van der Waals surface area contributed by atoms with Crippen molar-refractivity contribution >= 4 is 34.2 Å². The van der Waals surface area contributed by atoms with Gasteiger partial charge in [-0.3, -0.25) is 9.59 Å². The van der Waals surface area contributed by atoms with E-state index in [1.807, 2.05) is 48.5 Å². The molecule has 1 aliphatic rings. The van der Waals surface area contributed by atoms with Crippen molar-refractivity contribution in [3.8, 4) is 5.75 Å². The van der Waals surface area contributed by atoms with E-state index < -0.39 is 5.54 Å². The molecule has 1 heterocycles. The number of methoxy groups -OCH3 is 1. The summed E-state index contributed by atoms with van der Waals surface area (Å²) in [6, 6.07) is 19.8. The summed E-state index contributed by atoms with van der Waals surface area (Å²) in [4.78, 5) is 24.7. The first-order chi connectivity index (χ1) is 16.0. The number of carbonyl (C=O) groups is 2. The van der Waals surface area contributed by atoms with Gasteiger partial charge in [-0.05, 0) is 60.4 Å². The Hall–Kier alpha value is -3.05. The lowest BCUT2D eigenvalue weighted by molar-refractivity contribution is -0.122. The van der Waals surface area contributed by atoms with E-state index >= 15 is 0 Å². The van der Waals surface area contributed by atoms with E-state index in [1.54, 1.807) is 7.11 Å². The average Bonchev–Trinajstić information content (AvgIpc) is 3.20. The lowest BCUT2D eigenvalue weighted by Crippen LogP contribution is -2.44. The molecule has 1 atom stereocenters. The Morgan fingerprint density at radius 3 is 2.55 bits per heavy atom. The van der Waals surface area contributed by atoms with Crippen LogP contribution in [0.25, 0.3) is 10.8 Å². The first-order valence-electron chi connectivity index (χ1n) is 11.3. The smallest absolute Gasteiger partial charge is 0.220 e. The highest BCUT2D eigenvalue weighted by atomic mass is 35.5. The summed E-state index contributed by atoms with van der Waals surface area (Å²) in [5.74, 6) is 0.888. The number of halogens is 1. The highest BCUT2D eigenvalue weighted by Gasteiger charge is 2.38. The van der Waals surface area contributed by atoms with Crippen LogP contribution in [0.1, 0.15) is 36.8 Å². The maximum Gasteiger partial charge on any atom is 0.220 e. The highest BCUT2D eigenvalue weighted by Crippen LogP contribution is 2.34. The van der Waals surface area contributed by atoms with E-state index in [0.29, 0.717) is 37.3 Å². The summed E-state index contributed by atoms with van der Waals surface area (Å²) in [6.45, 7) is 0.572. The predicted octanol–water partition coefficient (Wildman–Crippen LogP) is 4.83. The maximum atomic E-state index is 12.6. The Bertz CT molecular complexity index is 1150. The van der Waals surface area contributed by atoms with Crippen LogP contribution in [0.4, 0.5) is 0 Å². The second kappa shape index (κ2) is 10.3. The van der Waals surface area contributed by atoms with Crippen LogP contribution in [-0.2, 0) is 22.4 Å². The zero-order chi connectivity index (χ0) is 23.3. The second-order valence-corrected chi connectivity index (χ2v) is 9.14. The molecule has 6 heteroatoms. The van der Waals surface area contributed by atoms with E-state index in [4.69, 9.17) is 16.3 Å². The van der Waals surface area contributed by atoms with Gasteiger partial charge in [-0.2, -0.15) is 0 Å². The molecule has 2 amide bonds. The first-order valence-corrected chi connectivity index (χ1v) is 11.7. The van der Waals surface area contributed by atoms with Crippen molar-refractivity contribution in [2.45, 2.75) is 44.1 Å². The number of fused-ring (bicyclic) bond motifs is 1. The zero-order valence-corrected chi connectivity index (χ0v) is 19.6. The summed E-state index contributed by atoms with van der Waals surface area (Å²) in [5.41, 5.74) is 1.87. The molecule has 172 valence electrons. The Labute approximate surface area is 199 Å². The fourth-order valence-corrected chi connectivity index (χ4v) is 4.78. The molecule has 1 saturated heterocycles. The standard InChI is InChI=1S/C27H29ClN2O3/c1-33-24-11-8-20(22-4-2-3-5-23(22)24)18-27(16-13-26(32)30-27)15-12-25(31)29-17-14-19-6-9-21(28)10-7-19/h2-11H,12-18H2,1H3,(H,29,31)(H,30,32). The third-order valence-electron chi connectivity index (χ3n) is 6.44. The quantitative estimate of drug-likeness (QED) is 0.476. The fraction of sp³-hybridized carbons (Fsp3) is 0.333. The van der Waals surface area contributed by atoms with Crippen LogP contribution in [0.2, 0.25) is 5.02 Å². The molecule has 1 unspecified atom stereocenters. The summed E-state index contributed by atoms with van der Waals surface area (Å²) in [7, 11) is 1.67. The number of nitrogens with one attached hydrogen (secondary N) is 2. The van der Waals surface area contributed by atoms with Gasteiger partial charge in [0, 0.05) is 35.3 Å². The Balaban J connectivity index is 1.41. The van der Waals surface area contributed by atoms with Crippen molar-refractivity contribution in [2.24, 2.45) is 0 Å². The molecule has 0 radical (unpaired) electrons. The van der Waals surface area contributed by atoms with Gasteiger partial charge in [0.1, 0.15) is 5.75 Å². The molecule has 1 aliphatic heterocycles. The van der Waals surface area contributed by atoms with E-state index in [2.05, 4.69) is 22.8 Å². The molecule has 0 spiro atoms. The van der Waals surface area contributed by atoms with Crippen LogP contribution in [0.5, 0.6) is 5.75 Å². The second-order valence-electron chi connectivity index (χ2n) is 8.70. The van der Waals surface area contributed by atoms with Gasteiger partial charge in [0.25, 0.3) is 0 Å². The zero-order valence-electron chi connectivity index (χ0n) is 18.8. The first kappa shape index (κ1) is 23.1. The van der Waals surface area contributed by atoms with E-state index in [9.17, 15) is 9.59 Å². The Kier molecular flexibility index (Phi) is 7.19. The van der Waals surface area contributed by atoms with Gasteiger partial charge in [-0.1, -0.05) is 54.1 Å². The minimum absolute atomic E-state index is 0.00377. The lowest BCUT2D eigenvalue weighted by Gasteiger charge is -2.30. The SMILES string of the molecule is COc1ccc(CC2(CCC(=O)NCCc3ccc(Cl)cc3)CCC(=O)N2)c2ccccc12. The third-order valence-corrected chi connectivity index (χ3v) is 6.69. The molecule has 0 aromatic heterocycles. The number of ether oxygens (including phenoxy) is 1. The predicted molar refractivity (Wildman–Crippen MR) is 132 cm³/mol. The number of amides is 2. The average molecular weight is 465 g/mol. The molecule has 3 aromatic carbocycles. The highest BCUT2D eigenvalue weighted by molar-refractivity contribution is 6.30. The molecule has 2 N–H and O–H groups in total. The van der Waals surface area contributed by atoms with Crippen LogP contribution in [0, 0.1) is 0 Å². The number of benzene rings is 3. The lowest BCUT2D eigenvalue weighted by atomic mass is 9.83. The molecule has 33 heavy (non-hydrogen) atoms. The molecule has 3 aromatic rings. The monoisotopic (exact) mass is 464 g/mol. The summed E-state index contributed by atoms with van der Waals surface area (Å²) >= 11 is 5.92. The van der Waals surface area contributed by atoms with Crippen LogP contribution in [0.3, 0.4) is 0 Å². The molecular formula is C27H29ClN2O3. The van der Waals surface area contributed by atoms with Crippen LogP contribution < -0.4 is 15.4 Å². The van der Waals surface area contributed by atoms with Crippen molar-refractivity contribution in [1.29, 1.82) is 0 Å². The van der Waals surface area contributed by atoms with Crippen LogP contribution >= 0.6 is 11.6 Å². The minimum Gasteiger partial charge on any atom is -0.496 e. The number of hydrogen-bond acceptors (Lipinski definition) is 3. The Morgan fingerprint density at radius 2 is 1.85 bits per heavy atom. The fourth-order valence-electron chi connectivity index (χ4n) is 4.65. The summed E-state index contributed by atoms with van der Waals surface area (Å²) < 4.78 is 5.52. The summed E-state index contributed by atoms with van der Waals surface area (Å²) in [5, 5.41) is 9.07. The van der Waals surface area contributed by atoms with Crippen molar-refractivity contribution in [3.05, 3.63) is 76.8 Å². The van der Waals surface area contributed by atoms with Crippen molar-refractivity contribution in [2.75, 3.05) is 13.7 Å². The van der Waals surface area contributed by atoms with Gasteiger partial charge >= 0.3 is 0 Å². The number of carbonyl (C=O) groups excluding carboxylic acids is 2. The number of rotatable bonds is 9.